The van der Waals surface area contributed by atoms with Crippen LogP contribution in [0.3, 0.4) is 0 Å². The van der Waals surface area contributed by atoms with Gasteiger partial charge in [-0.2, -0.15) is 5.10 Å². The van der Waals surface area contributed by atoms with Crippen molar-refractivity contribution in [3.63, 3.8) is 0 Å². The van der Waals surface area contributed by atoms with Gasteiger partial charge in [0.1, 0.15) is 17.3 Å². The number of pyridine rings is 1. The number of piperazine rings is 1. The first-order valence-corrected chi connectivity index (χ1v) is 16.5. The molecule has 11 nitrogen and oxygen atoms in total. The monoisotopic (exact) mass is 654 g/mol. The van der Waals surface area contributed by atoms with Gasteiger partial charge in [0.15, 0.2) is 0 Å². The fraction of sp³-hybridized carbons (Fsp3) is 0.389. The quantitative estimate of drug-likeness (QED) is 0.234. The first kappa shape index (κ1) is 33.0. The summed E-state index contributed by atoms with van der Waals surface area (Å²) in [5, 5.41) is 14.8. The van der Waals surface area contributed by atoms with Crippen LogP contribution in [0.2, 0.25) is 0 Å². The minimum Gasteiger partial charge on any atom is -0.496 e. The molecule has 0 saturated carbocycles. The third-order valence-electron chi connectivity index (χ3n) is 9.31. The number of likely N-dealkylation sites (tertiary alicyclic amines) is 1. The van der Waals surface area contributed by atoms with Crippen molar-refractivity contribution < 1.29 is 18.7 Å². The fourth-order valence-corrected chi connectivity index (χ4v) is 6.76. The molecule has 2 amide bonds. The second-order valence-electron chi connectivity index (χ2n) is 12.4. The summed E-state index contributed by atoms with van der Waals surface area (Å²) in [7, 11) is 1.51. The maximum Gasteiger partial charge on any atom is 0.251 e. The Morgan fingerprint density at radius 1 is 1.08 bits per heavy atom. The molecule has 2 saturated heterocycles. The second-order valence-corrected chi connectivity index (χ2v) is 12.4. The molecule has 0 aliphatic carbocycles. The third-order valence-corrected chi connectivity index (χ3v) is 9.31. The summed E-state index contributed by atoms with van der Waals surface area (Å²) in [6.07, 6.45) is 2.88. The van der Waals surface area contributed by atoms with Gasteiger partial charge in [0.25, 0.3) is 5.91 Å². The maximum atomic E-state index is 15.2. The molecule has 3 N–H and O–H groups in total. The number of ether oxygens (including phenoxy) is 1. The molecule has 0 bridgehead atoms. The van der Waals surface area contributed by atoms with Gasteiger partial charge in [-0.3, -0.25) is 24.6 Å². The zero-order valence-electron chi connectivity index (χ0n) is 27.8. The highest BCUT2D eigenvalue weighted by Gasteiger charge is 2.37. The molecule has 2 fully saturated rings. The maximum absolute atomic E-state index is 15.2. The number of amides is 2. The average molecular weight is 655 g/mol. The Labute approximate surface area is 280 Å². The summed E-state index contributed by atoms with van der Waals surface area (Å²) in [6, 6.07) is 13.4. The van der Waals surface area contributed by atoms with E-state index in [1.807, 2.05) is 47.9 Å². The molecule has 252 valence electrons. The molecule has 2 atom stereocenters. The van der Waals surface area contributed by atoms with E-state index in [1.54, 1.807) is 24.4 Å². The summed E-state index contributed by atoms with van der Waals surface area (Å²) in [5.41, 5.74) is 4.26. The lowest BCUT2D eigenvalue weighted by molar-refractivity contribution is -0.140. The zero-order valence-corrected chi connectivity index (χ0v) is 27.8. The van der Waals surface area contributed by atoms with Crippen LogP contribution in [0.5, 0.6) is 5.75 Å². The highest BCUT2D eigenvalue weighted by Crippen LogP contribution is 2.30. The minimum absolute atomic E-state index is 0.0214. The number of carbonyl (C=O) groups is 2. The van der Waals surface area contributed by atoms with Crippen LogP contribution in [0.4, 0.5) is 4.39 Å². The molecule has 4 heterocycles. The largest absolute Gasteiger partial charge is 0.496 e. The Kier molecular flexibility index (Phi) is 9.90. The first-order valence-electron chi connectivity index (χ1n) is 16.5. The van der Waals surface area contributed by atoms with E-state index in [4.69, 9.17) is 4.74 Å². The fourth-order valence-electron chi connectivity index (χ4n) is 6.76. The van der Waals surface area contributed by atoms with Gasteiger partial charge in [0, 0.05) is 85.8 Å². The van der Waals surface area contributed by atoms with Crippen LogP contribution in [-0.4, -0.2) is 100 Å². The van der Waals surface area contributed by atoms with Gasteiger partial charge in [-0.25, -0.2) is 4.39 Å². The highest BCUT2D eigenvalue weighted by molar-refractivity contribution is 6.01. The van der Waals surface area contributed by atoms with E-state index in [2.05, 4.69) is 37.3 Å². The van der Waals surface area contributed by atoms with E-state index >= 15 is 4.39 Å². The normalized spacial score (nSPS) is 18.5. The Balaban J connectivity index is 1.19. The lowest BCUT2D eigenvalue weighted by Gasteiger charge is -2.43. The average Bonchev–Trinajstić information content (AvgIpc) is 3.53. The van der Waals surface area contributed by atoms with Crippen molar-refractivity contribution in [3.8, 4) is 17.0 Å². The number of fused-ring (bicyclic) bond motifs is 1. The van der Waals surface area contributed by atoms with E-state index in [0.717, 1.165) is 40.2 Å². The SMILES string of the molecule is C=C(NCC)N1CCN(C(=O)[C@@H]2CC[C@@H](NC(=O)c3ccc4[nH]nc(-c5ccnc(C)c5)c4c3)CN2Cc2c(F)cccc2OC)CC1. The van der Waals surface area contributed by atoms with Crippen LogP contribution >= 0.6 is 0 Å². The van der Waals surface area contributed by atoms with Crippen molar-refractivity contribution in [2.45, 2.75) is 45.3 Å². The van der Waals surface area contributed by atoms with E-state index < -0.39 is 11.9 Å². The van der Waals surface area contributed by atoms with Crippen LogP contribution in [0.25, 0.3) is 22.2 Å². The Morgan fingerprint density at radius 3 is 2.62 bits per heavy atom. The summed E-state index contributed by atoms with van der Waals surface area (Å²) >= 11 is 0. The van der Waals surface area contributed by atoms with Gasteiger partial charge < -0.3 is 25.2 Å². The molecule has 2 aliphatic heterocycles. The minimum atomic E-state index is -0.459. The van der Waals surface area contributed by atoms with Crippen LogP contribution in [0.15, 0.2) is 67.1 Å². The van der Waals surface area contributed by atoms with Crippen molar-refractivity contribution >= 4 is 22.7 Å². The highest BCUT2D eigenvalue weighted by atomic mass is 19.1. The van der Waals surface area contributed by atoms with Crippen molar-refractivity contribution in [1.82, 2.24) is 40.5 Å². The lowest BCUT2D eigenvalue weighted by Crippen LogP contribution is -2.59. The molecule has 0 radical (unpaired) electrons. The number of carbonyl (C=O) groups excluding carboxylic acids is 2. The van der Waals surface area contributed by atoms with Crippen molar-refractivity contribution in [3.05, 3.63) is 89.8 Å². The summed E-state index contributed by atoms with van der Waals surface area (Å²) in [5.74, 6) is 0.704. The molecule has 12 heteroatoms. The van der Waals surface area contributed by atoms with E-state index in [0.29, 0.717) is 62.4 Å². The molecule has 0 unspecified atom stereocenters. The number of nitrogens with zero attached hydrogens (tertiary/aromatic N) is 5. The number of methoxy groups -OCH3 is 1. The number of hydrogen-bond acceptors (Lipinski definition) is 8. The molecule has 2 aromatic carbocycles. The van der Waals surface area contributed by atoms with E-state index in [1.165, 1.54) is 13.2 Å². The zero-order chi connectivity index (χ0) is 33.8. The van der Waals surface area contributed by atoms with Crippen molar-refractivity contribution in [1.29, 1.82) is 0 Å². The number of aromatic nitrogens is 3. The molecule has 0 spiro atoms. The molecule has 2 aliphatic rings. The van der Waals surface area contributed by atoms with Gasteiger partial charge in [0.05, 0.1) is 24.5 Å². The van der Waals surface area contributed by atoms with Crippen LogP contribution in [0, 0.1) is 12.7 Å². The van der Waals surface area contributed by atoms with Gasteiger partial charge in [-0.1, -0.05) is 12.6 Å². The lowest BCUT2D eigenvalue weighted by atomic mass is 9.95. The van der Waals surface area contributed by atoms with Crippen LogP contribution < -0.4 is 15.4 Å². The van der Waals surface area contributed by atoms with Gasteiger partial charge >= 0.3 is 0 Å². The van der Waals surface area contributed by atoms with Gasteiger partial charge in [0.2, 0.25) is 5.91 Å². The number of rotatable bonds is 10. The molecule has 6 rings (SSSR count). The number of piperidine rings is 1. The second kappa shape index (κ2) is 14.4. The number of hydrogen-bond donors (Lipinski definition) is 3. The van der Waals surface area contributed by atoms with E-state index in [-0.39, 0.29) is 24.4 Å². The van der Waals surface area contributed by atoms with Crippen LogP contribution in [0.1, 0.15) is 41.4 Å². The standard InChI is InChI=1S/C36H43FN8O3/c1-5-38-24(3)43-15-17-44(18-16-43)36(47)32-12-10-27(21-45(32)22-29-30(37)7-6-8-33(29)48-4)40-35(46)26-9-11-31-28(20-26)34(42-41-31)25-13-14-39-23(2)19-25/h6-9,11,13-14,19-20,27,32,38H,3,5,10,12,15-18,21-22H2,1-2,4H3,(H,40,46)(H,41,42)/t27-,32+/m1/s1. The first-order chi connectivity index (χ1) is 23.2. The number of nitrogens with one attached hydrogen (secondary N) is 3. The number of benzene rings is 2. The van der Waals surface area contributed by atoms with Crippen molar-refractivity contribution in [2.24, 2.45) is 0 Å². The number of halogens is 1. The third kappa shape index (κ3) is 6.98. The van der Waals surface area contributed by atoms with E-state index in [9.17, 15) is 9.59 Å². The smallest absolute Gasteiger partial charge is 0.251 e. The van der Waals surface area contributed by atoms with Crippen molar-refractivity contribution in [2.75, 3.05) is 46.4 Å². The number of H-pyrrole nitrogens is 1. The van der Waals surface area contributed by atoms with Gasteiger partial charge in [-0.05, 0) is 69.2 Å². The number of aryl methyl sites for hydroxylation is 1. The summed E-state index contributed by atoms with van der Waals surface area (Å²) < 4.78 is 20.7. The Bertz CT molecular complexity index is 1800. The van der Waals surface area contributed by atoms with Crippen LogP contribution in [-0.2, 0) is 11.3 Å². The Morgan fingerprint density at radius 2 is 1.88 bits per heavy atom. The summed E-state index contributed by atoms with van der Waals surface area (Å²) in [4.78, 5) is 38.0. The molecular weight excluding hydrogens is 611 g/mol. The molecule has 48 heavy (non-hydrogen) atoms. The summed E-state index contributed by atoms with van der Waals surface area (Å²) in [6.45, 7) is 11.9. The predicted molar refractivity (Wildman–Crippen MR) is 183 cm³/mol. The topological polar surface area (TPSA) is 119 Å². The molecule has 2 aromatic heterocycles. The molecule has 4 aromatic rings. The molecular formula is C36H43FN8O3. The van der Waals surface area contributed by atoms with Gasteiger partial charge in [-0.15, -0.1) is 0 Å². The number of aromatic amines is 1. The Hall–Kier alpha value is -4.97. The predicted octanol–water partition coefficient (Wildman–Crippen LogP) is 4.07.